The van der Waals surface area contributed by atoms with Crippen LogP contribution >= 0.6 is 0 Å². The second-order valence-electron chi connectivity index (χ2n) is 4.21. The number of hydrogen-bond acceptors (Lipinski definition) is 1. The van der Waals surface area contributed by atoms with Crippen molar-refractivity contribution in [3.63, 3.8) is 0 Å². The van der Waals surface area contributed by atoms with E-state index in [0.717, 1.165) is 21.9 Å². The minimum absolute atomic E-state index is 0.0250. The fourth-order valence-corrected chi connectivity index (χ4v) is 2.42. The molecule has 0 fully saturated rings. The number of hydrogen-bond donors (Lipinski definition) is 0. The van der Waals surface area contributed by atoms with Gasteiger partial charge in [-0.1, -0.05) is 36.4 Å². The van der Waals surface area contributed by atoms with Gasteiger partial charge in [0.2, 0.25) is 6.41 Å². The topological polar surface area (TPSA) is 49.3 Å². The van der Waals surface area contributed by atoms with Gasteiger partial charge in [-0.15, -0.1) is 0 Å². The zero-order valence-electron chi connectivity index (χ0n) is 9.54. The van der Waals surface area contributed by atoms with E-state index in [1.165, 1.54) is 0 Å². The van der Waals surface area contributed by atoms with Crippen molar-refractivity contribution in [2.75, 3.05) is 0 Å². The summed E-state index contributed by atoms with van der Waals surface area (Å²) in [5.41, 5.74) is 1.74. The highest BCUT2D eigenvalue weighted by atomic mass is 16.3. The van der Waals surface area contributed by atoms with Crippen molar-refractivity contribution in [2.45, 2.75) is 5.92 Å². The molecule has 0 aromatic heterocycles. The second-order valence-corrected chi connectivity index (χ2v) is 4.21. The summed E-state index contributed by atoms with van der Waals surface area (Å²) >= 11 is 0. The molecule has 3 rings (SSSR count). The van der Waals surface area contributed by atoms with Crippen LogP contribution in [0.1, 0.15) is 17.0 Å². The lowest BCUT2D eigenvalue weighted by molar-refractivity contribution is -0.106. The third-order valence-corrected chi connectivity index (χ3v) is 3.21. The molecule has 3 heteroatoms. The van der Waals surface area contributed by atoms with E-state index in [0.29, 0.717) is 6.41 Å². The Morgan fingerprint density at radius 1 is 1.17 bits per heavy atom. The summed E-state index contributed by atoms with van der Waals surface area (Å²) in [6, 6.07) is 9.32. The van der Waals surface area contributed by atoms with Crippen molar-refractivity contribution in [1.82, 2.24) is 0 Å². The van der Waals surface area contributed by atoms with Crippen LogP contribution < -0.4 is 0 Å². The monoisotopic (exact) mass is 236 g/mol. The van der Waals surface area contributed by atoms with Gasteiger partial charge in [-0.3, -0.25) is 9.90 Å². The first-order valence-electron chi connectivity index (χ1n) is 5.69. The molecule has 0 saturated carbocycles. The van der Waals surface area contributed by atoms with Crippen LogP contribution in [0.4, 0.5) is 0 Å². The molecule has 0 heterocycles. The quantitative estimate of drug-likeness (QED) is 0.582. The summed E-state index contributed by atoms with van der Waals surface area (Å²) in [7, 11) is 0. The summed E-state index contributed by atoms with van der Waals surface area (Å²) in [6.07, 6.45) is 5.83. The van der Waals surface area contributed by atoms with Crippen LogP contribution in [0.5, 0.6) is 5.75 Å². The second kappa shape index (κ2) is 4.11. The lowest BCUT2D eigenvalue weighted by Gasteiger charge is -2.18. The van der Waals surface area contributed by atoms with Gasteiger partial charge >= 0.3 is 0 Å². The molecule has 0 bridgehead atoms. The van der Waals surface area contributed by atoms with E-state index in [1.54, 1.807) is 12.3 Å². The molecular weight excluding hydrogens is 226 g/mol. The van der Waals surface area contributed by atoms with E-state index < -0.39 is 0 Å². The molecule has 87 valence electrons. The van der Waals surface area contributed by atoms with Crippen LogP contribution in [0.25, 0.3) is 16.8 Å². The number of carbonyl (C=O) groups is 1. The first-order valence-corrected chi connectivity index (χ1v) is 5.69. The van der Waals surface area contributed by atoms with Gasteiger partial charge < -0.3 is 0 Å². The van der Waals surface area contributed by atoms with Crippen LogP contribution in [-0.2, 0) is 9.90 Å². The van der Waals surface area contributed by atoms with E-state index in [1.807, 2.05) is 36.4 Å². The van der Waals surface area contributed by atoms with Crippen molar-refractivity contribution in [2.24, 2.45) is 4.99 Å². The molecule has 2 aromatic carbocycles. The lowest BCUT2D eigenvalue weighted by atomic mass is 9.86. The van der Waals surface area contributed by atoms with Crippen LogP contribution in [0, 0.1) is 0 Å². The van der Waals surface area contributed by atoms with Gasteiger partial charge in [-0.2, -0.15) is 0 Å². The predicted octanol–water partition coefficient (Wildman–Crippen LogP) is 3.32. The highest BCUT2D eigenvalue weighted by Gasteiger charge is 2.18. The van der Waals surface area contributed by atoms with E-state index in [9.17, 15) is 9.90 Å². The van der Waals surface area contributed by atoms with Crippen molar-refractivity contribution >= 4 is 29.5 Å². The molecule has 18 heavy (non-hydrogen) atoms. The molecule has 1 aliphatic carbocycles. The average molecular weight is 236 g/mol. The Bertz CT molecular complexity index is 686. The molecule has 0 spiro atoms. The van der Waals surface area contributed by atoms with Crippen LogP contribution in [0.15, 0.2) is 41.4 Å². The molecule has 0 saturated heterocycles. The van der Waals surface area contributed by atoms with Gasteiger partial charge in [0.05, 0.1) is 0 Å². The van der Waals surface area contributed by atoms with Gasteiger partial charge in [0, 0.05) is 17.7 Å². The third kappa shape index (κ3) is 1.52. The molecule has 3 nitrogen and oxygen atoms in total. The van der Waals surface area contributed by atoms with Gasteiger partial charge in [0.15, 0.2) is 5.75 Å². The van der Waals surface area contributed by atoms with Crippen molar-refractivity contribution in [3.05, 3.63) is 47.5 Å². The minimum atomic E-state index is -0.0480. The minimum Gasteiger partial charge on any atom is -0.289 e. The van der Waals surface area contributed by atoms with Crippen LogP contribution in [0.2, 0.25) is 0 Å². The van der Waals surface area contributed by atoms with Crippen molar-refractivity contribution in [3.8, 4) is 5.75 Å². The number of allylic oxidation sites excluding steroid dienone is 1. The summed E-state index contributed by atoms with van der Waals surface area (Å²) in [5, 5.41) is 13.8. The Labute approximate surface area is 104 Å². The summed E-state index contributed by atoms with van der Waals surface area (Å²) in [6.45, 7) is 0. The molecule has 1 unspecified atom stereocenters. The Hall–Kier alpha value is -2.42. The zero-order valence-corrected chi connectivity index (χ0v) is 9.54. The highest BCUT2D eigenvalue weighted by Crippen LogP contribution is 2.38. The molecular formula is C15H10NO2. The largest absolute Gasteiger partial charge is 0.289 e. The summed E-state index contributed by atoms with van der Waals surface area (Å²) < 4.78 is 0. The molecule has 0 N–H and O–H groups in total. The Balaban J connectivity index is 2.30. The fourth-order valence-electron chi connectivity index (χ4n) is 2.42. The molecule has 1 aliphatic rings. The van der Waals surface area contributed by atoms with E-state index in [-0.39, 0.29) is 11.7 Å². The number of amides is 1. The predicted molar refractivity (Wildman–Crippen MR) is 70.4 cm³/mol. The number of nitrogens with zero attached hydrogens (tertiary/aromatic N) is 1. The standard InChI is InChI=1S/C15H10NO2/c17-9-16-8-11-4-6-13-14(18)7-5-10-2-1-3-12(11)15(10)13/h1-9,11H. The Morgan fingerprint density at radius 2 is 2.06 bits per heavy atom. The Kier molecular flexibility index (Phi) is 2.45. The van der Waals surface area contributed by atoms with E-state index in [4.69, 9.17) is 0 Å². The van der Waals surface area contributed by atoms with Gasteiger partial charge in [0.1, 0.15) is 0 Å². The van der Waals surface area contributed by atoms with Gasteiger partial charge in [-0.25, -0.2) is 4.99 Å². The molecule has 1 amide bonds. The molecule has 0 aliphatic heterocycles. The van der Waals surface area contributed by atoms with E-state index >= 15 is 0 Å². The fraction of sp³-hybridized carbons (Fsp3) is 0.0667. The normalized spacial score (nSPS) is 17.4. The SMILES string of the molecule is [O]c1ccc2cccc3c2c1C=CC3C=NC=O. The maximum Gasteiger partial charge on any atom is 0.232 e. The Morgan fingerprint density at radius 3 is 2.89 bits per heavy atom. The number of rotatable bonds is 2. The first-order chi connectivity index (χ1) is 8.81. The maximum atomic E-state index is 11.8. The smallest absolute Gasteiger partial charge is 0.232 e. The average Bonchev–Trinajstić information content (AvgIpc) is 2.41. The summed E-state index contributed by atoms with van der Waals surface area (Å²) in [4.78, 5) is 14.0. The number of carbonyl (C=O) groups excluding carboxylic acids is 1. The zero-order chi connectivity index (χ0) is 12.5. The molecule has 1 radical (unpaired) electrons. The van der Waals surface area contributed by atoms with Crippen molar-refractivity contribution < 1.29 is 9.90 Å². The van der Waals surface area contributed by atoms with Crippen LogP contribution in [0.3, 0.4) is 0 Å². The number of aliphatic imine (C=N–C) groups is 1. The maximum absolute atomic E-state index is 11.8. The highest BCUT2D eigenvalue weighted by molar-refractivity contribution is 6.00. The molecule has 1 atom stereocenters. The van der Waals surface area contributed by atoms with E-state index in [2.05, 4.69) is 4.99 Å². The third-order valence-electron chi connectivity index (χ3n) is 3.21. The lowest BCUT2D eigenvalue weighted by Crippen LogP contribution is -2.02. The summed E-state index contributed by atoms with van der Waals surface area (Å²) in [5.74, 6) is -0.0230. The molecule has 2 aromatic rings. The first kappa shape index (κ1) is 10.7. The van der Waals surface area contributed by atoms with Crippen LogP contribution in [-0.4, -0.2) is 12.6 Å². The van der Waals surface area contributed by atoms with Crippen molar-refractivity contribution in [1.29, 1.82) is 0 Å². The van der Waals surface area contributed by atoms with Gasteiger partial charge in [0.25, 0.3) is 0 Å². The number of benzene rings is 2. The van der Waals surface area contributed by atoms with Gasteiger partial charge in [-0.05, 0) is 22.4 Å².